The lowest BCUT2D eigenvalue weighted by Crippen LogP contribution is -2.46. The fourth-order valence-electron chi connectivity index (χ4n) is 6.89. The number of carbonyl (C=O) groups excluding carboxylic acids is 1. The first-order chi connectivity index (χ1) is 27.0. The SMILES string of the molecule is CCCCC/C=C\C/C=C\CCCCCCCC(=O)NC(COP(=O)([O-])OCC[N+](C)(C)C)C(O)CCCCCCCCCCCCCCCCCCCCC. The van der Waals surface area contributed by atoms with Crippen LogP contribution in [-0.2, 0) is 18.4 Å². The van der Waals surface area contributed by atoms with Gasteiger partial charge in [0.05, 0.1) is 39.9 Å². The number of hydrogen-bond acceptors (Lipinski definition) is 6. The predicted octanol–water partition coefficient (Wildman–Crippen LogP) is 12.7. The molecular formula is C47H93N2O6P. The highest BCUT2D eigenvalue weighted by Gasteiger charge is 2.24. The van der Waals surface area contributed by atoms with E-state index in [9.17, 15) is 19.4 Å². The van der Waals surface area contributed by atoms with Gasteiger partial charge in [-0.1, -0.05) is 192 Å². The van der Waals surface area contributed by atoms with Gasteiger partial charge in [0, 0.05) is 6.42 Å². The second-order valence-electron chi connectivity index (χ2n) is 17.5. The lowest BCUT2D eigenvalue weighted by molar-refractivity contribution is -0.870. The molecule has 0 fully saturated rings. The van der Waals surface area contributed by atoms with Gasteiger partial charge in [-0.05, 0) is 44.9 Å². The number of aliphatic hydroxyl groups is 1. The molecular weight excluding hydrogens is 719 g/mol. The fourth-order valence-corrected chi connectivity index (χ4v) is 7.62. The van der Waals surface area contributed by atoms with E-state index in [1.54, 1.807) is 0 Å². The van der Waals surface area contributed by atoms with E-state index in [-0.39, 0.29) is 19.1 Å². The van der Waals surface area contributed by atoms with Crippen molar-refractivity contribution < 1.29 is 32.9 Å². The normalized spacial score (nSPS) is 14.5. The average Bonchev–Trinajstić information content (AvgIpc) is 3.15. The lowest BCUT2D eigenvalue weighted by atomic mass is 10.0. The molecule has 3 unspecified atom stereocenters. The summed E-state index contributed by atoms with van der Waals surface area (Å²) in [4.78, 5) is 25.4. The second-order valence-corrected chi connectivity index (χ2v) is 18.9. The van der Waals surface area contributed by atoms with Gasteiger partial charge in [0.1, 0.15) is 13.2 Å². The number of quaternary nitrogens is 1. The molecule has 56 heavy (non-hydrogen) atoms. The maximum atomic E-state index is 12.9. The molecule has 332 valence electrons. The number of phosphoric ester groups is 1. The minimum atomic E-state index is -4.57. The van der Waals surface area contributed by atoms with Crippen molar-refractivity contribution in [2.45, 2.75) is 231 Å². The summed E-state index contributed by atoms with van der Waals surface area (Å²) in [5.41, 5.74) is 0. The molecule has 0 rings (SSSR count). The molecule has 9 heteroatoms. The van der Waals surface area contributed by atoms with Crippen LogP contribution in [0.4, 0.5) is 0 Å². The summed E-state index contributed by atoms with van der Waals surface area (Å²) in [6.07, 6.45) is 46.1. The molecule has 0 aliphatic rings. The minimum Gasteiger partial charge on any atom is -0.756 e. The van der Waals surface area contributed by atoms with E-state index in [1.165, 1.54) is 128 Å². The summed E-state index contributed by atoms with van der Waals surface area (Å²) in [5, 5.41) is 13.9. The molecule has 0 saturated carbocycles. The van der Waals surface area contributed by atoms with E-state index in [0.29, 0.717) is 23.9 Å². The maximum Gasteiger partial charge on any atom is 0.268 e. The summed E-state index contributed by atoms with van der Waals surface area (Å²) in [5.74, 6) is -0.178. The summed E-state index contributed by atoms with van der Waals surface area (Å²) in [6.45, 7) is 4.69. The van der Waals surface area contributed by atoms with Crippen molar-refractivity contribution in [2.75, 3.05) is 40.9 Å². The zero-order chi connectivity index (χ0) is 41.4. The third-order valence-corrected chi connectivity index (χ3v) is 11.7. The van der Waals surface area contributed by atoms with Gasteiger partial charge in [-0.25, -0.2) is 0 Å². The third-order valence-electron chi connectivity index (χ3n) is 10.7. The number of amides is 1. The minimum absolute atomic E-state index is 0.00996. The van der Waals surface area contributed by atoms with Gasteiger partial charge < -0.3 is 28.8 Å². The molecule has 0 bridgehead atoms. The molecule has 0 aromatic rings. The number of nitrogens with one attached hydrogen (secondary N) is 1. The number of rotatable bonds is 43. The number of allylic oxidation sites excluding steroid dienone is 4. The maximum absolute atomic E-state index is 12.9. The molecule has 0 aliphatic heterocycles. The van der Waals surface area contributed by atoms with Gasteiger partial charge in [-0.2, -0.15) is 0 Å². The highest BCUT2D eigenvalue weighted by atomic mass is 31.2. The Labute approximate surface area is 347 Å². The van der Waals surface area contributed by atoms with Crippen molar-refractivity contribution >= 4 is 13.7 Å². The Morgan fingerprint density at radius 2 is 1.04 bits per heavy atom. The van der Waals surface area contributed by atoms with Crippen molar-refractivity contribution in [3.8, 4) is 0 Å². The van der Waals surface area contributed by atoms with Crippen molar-refractivity contribution in [3.05, 3.63) is 24.3 Å². The zero-order valence-electron chi connectivity index (χ0n) is 37.6. The van der Waals surface area contributed by atoms with E-state index >= 15 is 0 Å². The van der Waals surface area contributed by atoms with Crippen molar-refractivity contribution in [1.82, 2.24) is 5.32 Å². The number of aliphatic hydroxyl groups excluding tert-OH is 1. The largest absolute Gasteiger partial charge is 0.756 e. The molecule has 0 spiro atoms. The van der Waals surface area contributed by atoms with Crippen LogP contribution in [0.15, 0.2) is 24.3 Å². The topological polar surface area (TPSA) is 108 Å². The molecule has 0 aromatic carbocycles. The number of nitrogens with zero attached hydrogens (tertiary/aromatic N) is 1. The van der Waals surface area contributed by atoms with Crippen molar-refractivity contribution in [2.24, 2.45) is 0 Å². The van der Waals surface area contributed by atoms with Crippen LogP contribution >= 0.6 is 7.82 Å². The van der Waals surface area contributed by atoms with Gasteiger partial charge in [-0.15, -0.1) is 0 Å². The first-order valence-corrected chi connectivity index (χ1v) is 25.1. The molecule has 3 atom stereocenters. The van der Waals surface area contributed by atoms with Crippen LogP contribution in [0.25, 0.3) is 0 Å². The van der Waals surface area contributed by atoms with E-state index in [4.69, 9.17) is 9.05 Å². The van der Waals surface area contributed by atoms with Crippen molar-refractivity contribution in [1.29, 1.82) is 0 Å². The van der Waals surface area contributed by atoms with Gasteiger partial charge in [0.15, 0.2) is 0 Å². The van der Waals surface area contributed by atoms with Crippen LogP contribution in [0.5, 0.6) is 0 Å². The highest BCUT2D eigenvalue weighted by Crippen LogP contribution is 2.38. The number of hydrogen-bond donors (Lipinski definition) is 2. The first kappa shape index (κ1) is 55.0. The molecule has 0 aromatic heterocycles. The number of phosphoric acid groups is 1. The van der Waals surface area contributed by atoms with Gasteiger partial charge >= 0.3 is 0 Å². The van der Waals surface area contributed by atoms with Crippen LogP contribution in [0.3, 0.4) is 0 Å². The molecule has 1 amide bonds. The van der Waals surface area contributed by atoms with Crippen LogP contribution in [0, 0.1) is 0 Å². The lowest BCUT2D eigenvalue weighted by Gasteiger charge is -2.30. The molecule has 0 aliphatic carbocycles. The Hall–Kier alpha value is -1.02. The monoisotopic (exact) mass is 813 g/mol. The Balaban J connectivity index is 4.32. The number of likely N-dealkylation sites (N-methyl/N-ethyl adjacent to an activating group) is 1. The highest BCUT2D eigenvalue weighted by molar-refractivity contribution is 7.45. The molecule has 0 heterocycles. The molecule has 0 radical (unpaired) electrons. The van der Waals surface area contributed by atoms with E-state index in [2.05, 4.69) is 43.5 Å². The Morgan fingerprint density at radius 1 is 0.625 bits per heavy atom. The average molecular weight is 813 g/mol. The van der Waals surface area contributed by atoms with Crippen LogP contribution < -0.4 is 10.2 Å². The standard InChI is InChI=1S/C47H93N2O6P/c1-6-8-10-12-14-16-18-20-22-23-24-25-27-28-30-32-34-36-38-40-46(50)45(44-55-56(52,53)54-43-42-49(3,4)5)48-47(51)41-39-37-35-33-31-29-26-21-19-17-15-13-11-9-7-2/h15,17,21,26,45-46,50H,6-14,16,18-20,22-25,27-44H2,1-5H3,(H-,48,51,52,53)/b17-15-,26-21-. The van der Waals surface area contributed by atoms with Crippen LogP contribution in [0.1, 0.15) is 219 Å². The van der Waals surface area contributed by atoms with Gasteiger partial charge in [0.25, 0.3) is 7.82 Å². The Bertz CT molecular complexity index is 969. The fraction of sp³-hybridized carbons (Fsp3) is 0.894. The van der Waals surface area contributed by atoms with Gasteiger partial charge in [-0.3, -0.25) is 9.36 Å². The summed E-state index contributed by atoms with van der Waals surface area (Å²) >= 11 is 0. The quantitative estimate of drug-likeness (QED) is 0.0275. The predicted molar refractivity (Wildman–Crippen MR) is 238 cm³/mol. The van der Waals surface area contributed by atoms with Crippen LogP contribution in [-0.4, -0.2) is 68.5 Å². The first-order valence-electron chi connectivity index (χ1n) is 23.7. The van der Waals surface area contributed by atoms with Crippen molar-refractivity contribution in [3.63, 3.8) is 0 Å². The summed E-state index contributed by atoms with van der Waals surface area (Å²) in [7, 11) is 1.30. The Morgan fingerprint density at radius 3 is 1.52 bits per heavy atom. The van der Waals surface area contributed by atoms with Crippen LogP contribution in [0.2, 0.25) is 0 Å². The number of carbonyl (C=O) groups is 1. The summed E-state index contributed by atoms with van der Waals surface area (Å²) in [6, 6.07) is -0.805. The molecule has 0 saturated heterocycles. The zero-order valence-corrected chi connectivity index (χ0v) is 38.5. The second kappa shape index (κ2) is 39.4. The smallest absolute Gasteiger partial charge is 0.268 e. The Kier molecular flexibility index (Phi) is 38.7. The van der Waals surface area contributed by atoms with E-state index in [0.717, 1.165) is 64.2 Å². The van der Waals surface area contributed by atoms with E-state index in [1.807, 2.05) is 21.1 Å². The molecule has 8 nitrogen and oxygen atoms in total. The van der Waals surface area contributed by atoms with E-state index < -0.39 is 20.0 Å². The number of unbranched alkanes of at least 4 members (excludes halogenated alkanes) is 26. The molecule has 2 N–H and O–H groups in total. The van der Waals surface area contributed by atoms with Gasteiger partial charge in [0.2, 0.25) is 5.91 Å². The summed E-state index contributed by atoms with van der Waals surface area (Å²) < 4.78 is 23.3. The third kappa shape index (κ3) is 41.2.